The van der Waals surface area contributed by atoms with E-state index in [-0.39, 0.29) is 0 Å². The van der Waals surface area contributed by atoms with Crippen molar-refractivity contribution in [3.63, 3.8) is 0 Å². The van der Waals surface area contributed by atoms with E-state index in [1.165, 1.54) is 0 Å². The summed E-state index contributed by atoms with van der Waals surface area (Å²) in [5, 5.41) is 0. The summed E-state index contributed by atoms with van der Waals surface area (Å²) in [6, 6.07) is 1.95. The molecule has 78 valence electrons. The van der Waals surface area contributed by atoms with Gasteiger partial charge in [0.25, 0.3) is 0 Å². The van der Waals surface area contributed by atoms with Gasteiger partial charge in [-0.15, -0.1) is 0 Å². The van der Waals surface area contributed by atoms with Gasteiger partial charge >= 0.3 is 0 Å². The molecule has 2 aromatic heterocycles. The Balaban J connectivity index is 2.80. The number of hydrogen-bond donors (Lipinski definition) is 0. The summed E-state index contributed by atoms with van der Waals surface area (Å²) in [5.74, 6) is 1.61. The summed E-state index contributed by atoms with van der Waals surface area (Å²) in [6.45, 7) is 1.88. The number of anilines is 1. The average molecular weight is 267 g/mol. The van der Waals surface area contributed by atoms with Gasteiger partial charge in [0.15, 0.2) is 5.82 Å². The van der Waals surface area contributed by atoms with Crippen LogP contribution in [0.25, 0.3) is 11.0 Å². The SMILES string of the molecule is Cc1nc(N(C)C)c2ncc(Br)cc2n1. The number of halogens is 1. The molecule has 0 radical (unpaired) electrons. The van der Waals surface area contributed by atoms with Gasteiger partial charge in [-0.25, -0.2) is 15.0 Å². The fourth-order valence-electron chi connectivity index (χ4n) is 1.40. The van der Waals surface area contributed by atoms with Gasteiger partial charge < -0.3 is 4.90 Å². The molecular formula is C10H11BrN4. The summed E-state index contributed by atoms with van der Waals surface area (Å²) < 4.78 is 0.929. The first-order valence-corrected chi connectivity index (χ1v) is 5.34. The van der Waals surface area contributed by atoms with Crippen molar-refractivity contribution in [2.24, 2.45) is 0 Å². The highest BCUT2D eigenvalue weighted by Crippen LogP contribution is 2.22. The molecule has 15 heavy (non-hydrogen) atoms. The van der Waals surface area contributed by atoms with Gasteiger partial charge in [0, 0.05) is 24.8 Å². The third kappa shape index (κ3) is 1.92. The first kappa shape index (κ1) is 10.3. The number of hydrogen-bond acceptors (Lipinski definition) is 4. The number of rotatable bonds is 1. The molecule has 0 amide bonds. The highest BCUT2D eigenvalue weighted by atomic mass is 79.9. The van der Waals surface area contributed by atoms with Crippen LogP contribution in [-0.2, 0) is 0 Å². The second-order valence-corrected chi connectivity index (χ2v) is 4.43. The molecule has 0 saturated heterocycles. The summed E-state index contributed by atoms with van der Waals surface area (Å²) in [4.78, 5) is 15.0. The van der Waals surface area contributed by atoms with E-state index in [0.717, 1.165) is 27.1 Å². The lowest BCUT2D eigenvalue weighted by atomic mass is 10.3. The minimum absolute atomic E-state index is 0.756. The largest absolute Gasteiger partial charge is 0.361 e. The Hall–Kier alpha value is -1.23. The molecule has 2 heterocycles. The van der Waals surface area contributed by atoms with E-state index in [0.29, 0.717) is 0 Å². The van der Waals surface area contributed by atoms with Gasteiger partial charge in [0.2, 0.25) is 0 Å². The molecule has 0 atom stereocenters. The third-order valence-corrected chi connectivity index (χ3v) is 2.45. The Morgan fingerprint density at radius 2 is 2.00 bits per heavy atom. The Kier molecular flexibility index (Phi) is 2.56. The van der Waals surface area contributed by atoms with Crippen LogP contribution in [0.1, 0.15) is 5.82 Å². The van der Waals surface area contributed by atoms with E-state index in [4.69, 9.17) is 0 Å². The maximum Gasteiger partial charge on any atom is 0.158 e. The van der Waals surface area contributed by atoms with Crippen molar-refractivity contribution in [1.29, 1.82) is 0 Å². The summed E-state index contributed by atoms with van der Waals surface area (Å²) in [5.41, 5.74) is 1.69. The van der Waals surface area contributed by atoms with Crippen molar-refractivity contribution in [1.82, 2.24) is 15.0 Å². The molecule has 2 aromatic rings. The van der Waals surface area contributed by atoms with Crippen LogP contribution in [-0.4, -0.2) is 29.0 Å². The minimum atomic E-state index is 0.756. The molecule has 0 aliphatic rings. The Labute approximate surface area is 96.5 Å². The van der Waals surface area contributed by atoms with Crippen molar-refractivity contribution in [3.05, 3.63) is 22.6 Å². The van der Waals surface area contributed by atoms with Crippen LogP contribution in [0.5, 0.6) is 0 Å². The number of nitrogens with zero attached hydrogens (tertiary/aromatic N) is 4. The van der Waals surface area contributed by atoms with E-state index in [9.17, 15) is 0 Å². The molecule has 0 saturated carbocycles. The number of pyridine rings is 1. The van der Waals surface area contributed by atoms with E-state index >= 15 is 0 Å². The molecule has 0 aromatic carbocycles. The topological polar surface area (TPSA) is 41.9 Å². The summed E-state index contributed by atoms with van der Waals surface area (Å²) >= 11 is 3.38. The van der Waals surface area contributed by atoms with Crippen molar-refractivity contribution in [2.45, 2.75) is 6.92 Å². The predicted octanol–water partition coefficient (Wildman–Crippen LogP) is 2.16. The summed E-state index contributed by atoms with van der Waals surface area (Å²) in [6.07, 6.45) is 1.76. The Morgan fingerprint density at radius 3 is 2.67 bits per heavy atom. The summed E-state index contributed by atoms with van der Waals surface area (Å²) in [7, 11) is 3.90. The molecule has 0 unspecified atom stereocenters. The lowest BCUT2D eigenvalue weighted by molar-refractivity contribution is 1.01. The Morgan fingerprint density at radius 1 is 1.27 bits per heavy atom. The van der Waals surface area contributed by atoms with Crippen molar-refractivity contribution < 1.29 is 0 Å². The van der Waals surface area contributed by atoms with Crippen LogP contribution in [0, 0.1) is 6.92 Å². The monoisotopic (exact) mass is 266 g/mol. The van der Waals surface area contributed by atoms with Gasteiger partial charge in [-0.1, -0.05) is 0 Å². The van der Waals surface area contributed by atoms with Gasteiger partial charge in [0.1, 0.15) is 11.3 Å². The van der Waals surface area contributed by atoms with Crippen LogP contribution >= 0.6 is 15.9 Å². The smallest absolute Gasteiger partial charge is 0.158 e. The first-order chi connectivity index (χ1) is 7.08. The van der Waals surface area contributed by atoms with Crippen LogP contribution < -0.4 is 4.90 Å². The molecule has 2 rings (SSSR count). The second kappa shape index (κ2) is 3.73. The zero-order valence-corrected chi connectivity index (χ0v) is 10.4. The number of aryl methyl sites for hydroxylation is 1. The van der Waals surface area contributed by atoms with E-state index in [2.05, 4.69) is 30.9 Å². The van der Waals surface area contributed by atoms with Crippen molar-refractivity contribution >= 4 is 32.8 Å². The van der Waals surface area contributed by atoms with Gasteiger partial charge in [-0.3, -0.25) is 0 Å². The standard InChI is InChI=1S/C10H11BrN4/c1-6-13-8-4-7(11)5-12-9(8)10(14-6)15(2)3/h4-5H,1-3H3. The van der Waals surface area contributed by atoms with Crippen molar-refractivity contribution in [3.8, 4) is 0 Å². The van der Waals surface area contributed by atoms with Crippen LogP contribution in [0.2, 0.25) is 0 Å². The first-order valence-electron chi connectivity index (χ1n) is 4.55. The molecule has 4 nitrogen and oxygen atoms in total. The van der Waals surface area contributed by atoms with Crippen LogP contribution in [0.4, 0.5) is 5.82 Å². The van der Waals surface area contributed by atoms with Crippen LogP contribution in [0.15, 0.2) is 16.7 Å². The van der Waals surface area contributed by atoms with Gasteiger partial charge in [-0.2, -0.15) is 0 Å². The fraction of sp³-hybridized carbons (Fsp3) is 0.300. The normalized spacial score (nSPS) is 10.7. The maximum absolute atomic E-state index is 4.37. The molecule has 5 heteroatoms. The third-order valence-electron chi connectivity index (χ3n) is 2.02. The zero-order chi connectivity index (χ0) is 11.0. The molecule has 0 aliphatic heterocycles. The lowest BCUT2D eigenvalue weighted by Crippen LogP contribution is -2.13. The lowest BCUT2D eigenvalue weighted by Gasteiger charge is -2.13. The molecule has 0 fully saturated rings. The maximum atomic E-state index is 4.37. The molecule has 0 spiro atoms. The number of aromatic nitrogens is 3. The quantitative estimate of drug-likeness (QED) is 0.794. The molecule has 0 N–H and O–H groups in total. The fourth-order valence-corrected chi connectivity index (χ4v) is 1.72. The van der Waals surface area contributed by atoms with E-state index in [1.54, 1.807) is 6.20 Å². The number of fused-ring (bicyclic) bond motifs is 1. The molecule has 0 bridgehead atoms. The van der Waals surface area contributed by atoms with E-state index in [1.807, 2.05) is 32.0 Å². The highest BCUT2D eigenvalue weighted by Gasteiger charge is 2.08. The van der Waals surface area contributed by atoms with E-state index < -0.39 is 0 Å². The Bertz CT molecular complexity index is 505. The predicted molar refractivity (Wildman–Crippen MR) is 64.1 cm³/mol. The van der Waals surface area contributed by atoms with Crippen molar-refractivity contribution in [2.75, 3.05) is 19.0 Å². The highest BCUT2D eigenvalue weighted by molar-refractivity contribution is 9.10. The van der Waals surface area contributed by atoms with Gasteiger partial charge in [-0.05, 0) is 28.9 Å². The van der Waals surface area contributed by atoms with Crippen LogP contribution in [0.3, 0.4) is 0 Å². The molecular weight excluding hydrogens is 256 g/mol. The average Bonchev–Trinajstić information content (AvgIpc) is 2.15. The molecule has 0 aliphatic carbocycles. The second-order valence-electron chi connectivity index (χ2n) is 3.51. The zero-order valence-electron chi connectivity index (χ0n) is 8.82. The minimum Gasteiger partial charge on any atom is -0.361 e. The van der Waals surface area contributed by atoms with Gasteiger partial charge in [0.05, 0.1) is 5.52 Å².